The van der Waals surface area contributed by atoms with Crippen molar-refractivity contribution in [3.8, 4) is 5.75 Å². The van der Waals surface area contributed by atoms with Crippen LogP contribution in [0, 0.1) is 0 Å². The Morgan fingerprint density at radius 2 is 1.84 bits per heavy atom. The van der Waals surface area contributed by atoms with E-state index in [2.05, 4.69) is 20.4 Å². The fourth-order valence-corrected chi connectivity index (χ4v) is 1.77. The molecule has 0 saturated carbocycles. The minimum Gasteiger partial charge on any atom is -0.465 e. The molecule has 106 valence electrons. The molecule has 2 heteroatoms. The Kier molecular flexibility index (Phi) is 7.27. The van der Waals surface area contributed by atoms with E-state index in [1.54, 1.807) is 0 Å². The van der Waals surface area contributed by atoms with Gasteiger partial charge in [0, 0.05) is 6.42 Å². The molecule has 0 radical (unpaired) electrons. The van der Waals surface area contributed by atoms with Crippen LogP contribution in [0.4, 0.5) is 0 Å². The second-order valence-electron chi connectivity index (χ2n) is 4.87. The first-order chi connectivity index (χ1) is 9.17. The number of ether oxygens (including phenoxy) is 2. The van der Waals surface area contributed by atoms with E-state index in [-0.39, 0.29) is 6.29 Å². The number of rotatable bonds is 9. The molecule has 0 fully saturated rings. The van der Waals surface area contributed by atoms with Crippen LogP contribution in [-0.4, -0.2) is 12.9 Å². The predicted molar refractivity (Wildman–Crippen MR) is 81.3 cm³/mol. The Labute approximate surface area is 117 Å². The highest BCUT2D eigenvalue weighted by Crippen LogP contribution is 2.19. The van der Waals surface area contributed by atoms with Gasteiger partial charge in [-0.3, -0.25) is 0 Å². The molecule has 1 atom stereocenters. The van der Waals surface area contributed by atoms with Crippen molar-refractivity contribution in [2.24, 2.45) is 0 Å². The highest BCUT2D eigenvalue weighted by Gasteiger charge is 2.10. The third kappa shape index (κ3) is 5.93. The molecule has 0 amide bonds. The number of allylic oxidation sites excluding steroid dienone is 1. The summed E-state index contributed by atoms with van der Waals surface area (Å²) in [6.07, 6.45) is 4.11. The molecule has 0 aliphatic carbocycles. The number of hydrogen-bond acceptors (Lipinski definition) is 2. The maximum absolute atomic E-state index is 5.90. The van der Waals surface area contributed by atoms with E-state index in [0.29, 0.717) is 0 Å². The first-order valence-corrected chi connectivity index (χ1v) is 7.21. The lowest BCUT2D eigenvalue weighted by Crippen LogP contribution is -2.21. The van der Waals surface area contributed by atoms with Crippen LogP contribution in [-0.2, 0) is 4.74 Å². The Morgan fingerprint density at radius 3 is 2.37 bits per heavy atom. The fourth-order valence-electron chi connectivity index (χ4n) is 1.77. The summed E-state index contributed by atoms with van der Waals surface area (Å²) in [6.45, 7) is 11.0. The van der Waals surface area contributed by atoms with Crippen molar-refractivity contribution in [2.75, 3.05) is 6.61 Å². The Morgan fingerprint density at radius 1 is 1.16 bits per heavy atom. The molecule has 0 spiro atoms. The SMILES string of the molecule is C=C(C)c1ccc(OC(CCCC)OCCC)cc1. The van der Waals surface area contributed by atoms with Crippen molar-refractivity contribution in [1.82, 2.24) is 0 Å². The molecule has 19 heavy (non-hydrogen) atoms. The van der Waals surface area contributed by atoms with Gasteiger partial charge in [0.05, 0.1) is 6.61 Å². The Bertz CT molecular complexity index is 359. The minimum atomic E-state index is -0.129. The molecule has 1 unspecified atom stereocenters. The first kappa shape index (κ1) is 15.8. The smallest absolute Gasteiger partial charge is 0.199 e. The summed E-state index contributed by atoms with van der Waals surface area (Å²) in [4.78, 5) is 0. The Balaban J connectivity index is 2.58. The fraction of sp³-hybridized carbons (Fsp3) is 0.529. The first-order valence-electron chi connectivity index (χ1n) is 7.21. The van der Waals surface area contributed by atoms with E-state index in [9.17, 15) is 0 Å². The van der Waals surface area contributed by atoms with Gasteiger partial charge >= 0.3 is 0 Å². The molecule has 2 nitrogen and oxygen atoms in total. The van der Waals surface area contributed by atoms with Gasteiger partial charge in [-0.1, -0.05) is 44.6 Å². The lowest BCUT2D eigenvalue weighted by molar-refractivity contribution is -0.0851. The van der Waals surface area contributed by atoms with Gasteiger partial charge in [0.15, 0.2) is 6.29 Å². The van der Waals surface area contributed by atoms with Crippen LogP contribution in [0.1, 0.15) is 52.0 Å². The predicted octanol–water partition coefficient (Wildman–Crippen LogP) is 5.04. The monoisotopic (exact) mass is 262 g/mol. The van der Waals surface area contributed by atoms with Crippen molar-refractivity contribution in [3.05, 3.63) is 36.4 Å². The van der Waals surface area contributed by atoms with Gasteiger partial charge in [-0.25, -0.2) is 0 Å². The summed E-state index contributed by atoms with van der Waals surface area (Å²) in [6, 6.07) is 8.04. The molecule has 1 aromatic carbocycles. The van der Waals surface area contributed by atoms with E-state index in [1.807, 2.05) is 31.2 Å². The number of benzene rings is 1. The van der Waals surface area contributed by atoms with Gasteiger partial charge < -0.3 is 9.47 Å². The second-order valence-corrected chi connectivity index (χ2v) is 4.87. The van der Waals surface area contributed by atoms with Crippen molar-refractivity contribution in [1.29, 1.82) is 0 Å². The normalized spacial score (nSPS) is 12.2. The van der Waals surface area contributed by atoms with E-state index in [0.717, 1.165) is 49.2 Å². The maximum Gasteiger partial charge on any atom is 0.199 e. The number of unbranched alkanes of at least 4 members (excludes halogenated alkanes) is 1. The zero-order chi connectivity index (χ0) is 14.1. The maximum atomic E-state index is 5.90. The van der Waals surface area contributed by atoms with Gasteiger partial charge in [0.1, 0.15) is 5.75 Å². The largest absolute Gasteiger partial charge is 0.465 e. The van der Waals surface area contributed by atoms with Crippen LogP contribution < -0.4 is 4.74 Å². The lowest BCUT2D eigenvalue weighted by Gasteiger charge is -2.19. The molecular formula is C17H26O2. The third-order valence-electron chi connectivity index (χ3n) is 2.92. The molecule has 1 aromatic rings. The van der Waals surface area contributed by atoms with Crippen molar-refractivity contribution in [2.45, 2.75) is 52.7 Å². The molecular weight excluding hydrogens is 236 g/mol. The average molecular weight is 262 g/mol. The second kappa shape index (κ2) is 8.76. The van der Waals surface area contributed by atoms with Crippen molar-refractivity contribution >= 4 is 5.57 Å². The summed E-state index contributed by atoms with van der Waals surface area (Å²) in [5.74, 6) is 0.863. The van der Waals surface area contributed by atoms with Crippen LogP contribution in [0.5, 0.6) is 5.75 Å². The zero-order valence-corrected chi connectivity index (χ0v) is 12.4. The standard InChI is InChI=1S/C17H26O2/c1-5-7-8-17(18-13-6-2)19-16-11-9-15(10-12-16)14(3)4/h9-12,17H,3,5-8,13H2,1-2,4H3. The Hall–Kier alpha value is -1.28. The lowest BCUT2D eigenvalue weighted by atomic mass is 10.1. The van der Waals surface area contributed by atoms with Gasteiger partial charge in [-0.15, -0.1) is 0 Å². The van der Waals surface area contributed by atoms with Gasteiger partial charge in [0.25, 0.3) is 0 Å². The molecule has 0 aliphatic rings. The summed E-state index contributed by atoms with van der Waals surface area (Å²) >= 11 is 0. The molecule has 0 aliphatic heterocycles. The molecule has 0 saturated heterocycles. The topological polar surface area (TPSA) is 18.5 Å². The zero-order valence-electron chi connectivity index (χ0n) is 12.4. The molecule has 0 N–H and O–H groups in total. The molecule has 0 aromatic heterocycles. The quantitative estimate of drug-likeness (QED) is 0.580. The average Bonchev–Trinajstić information content (AvgIpc) is 2.42. The van der Waals surface area contributed by atoms with Gasteiger partial charge in [0.2, 0.25) is 0 Å². The van der Waals surface area contributed by atoms with E-state index in [1.165, 1.54) is 0 Å². The van der Waals surface area contributed by atoms with Crippen LogP contribution >= 0.6 is 0 Å². The van der Waals surface area contributed by atoms with Crippen LogP contribution in [0.3, 0.4) is 0 Å². The van der Waals surface area contributed by atoms with Crippen LogP contribution in [0.15, 0.2) is 30.8 Å². The third-order valence-corrected chi connectivity index (χ3v) is 2.92. The molecule has 0 bridgehead atoms. The summed E-state index contributed by atoms with van der Waals surface area (Å²) in [7, 11) is 0. The van der Waals surface area contributed by atoms with Crippen molar-refractivity contribution < 1.29 is 9.47 Å². The van der Waals surface area contributed by atoms with Crippen LogP contribution in [0.25, 0.3) is 5.57 Å². The molecule has 0 heterocycles. The summed E-state index contributed by atoms with van der Waals surface area (Å²) in [5.41, 5.74) is 2.21. The van der Waals surface area contributed by atoms with E-state index < -0.39 is 0 Å². The summed E-state index contributed by atoms with van der Waals surface area (Å²) in [5, 5.41) is 0. The highest BCUT2D eigenvalue weighted by atomic mass is 16.7. The highest BCUT2D eigenvalue weighted by molar-refractivity contribution is 5.61. The van der Waals surface area contributed by atoms with Gasteiger partial charge in [-0.2, -0.15) is 0 Å². The van der Waals surface area contributed by atoms with Gasteiger partial charge in [-0.05, 0) is 37.5 Å². The minimum absolute atomic E-state index is 0.129. The van der Waals surface area contributed by atoms with Crippen LogP contribution in [0.2, 0.25) is 0 Å². The molecule has 1 rings (SSSR count). The summed E-state index contributed by atoms with van der Waals surface area (Å²) < 4.78 is 11.6. The number of hydrogen-bond donors (Lipinski definition) is 0. The van der Waals surface area contributed by atoms with Crippen molar-refractivity contribution in [3.63, 3.8) is 0 Å². The van der Waals surface area contributed by atoms with E-state index >= 15 is 0 Å². The van der Waals surface area contributed by atoms with E-state index in [4.69, 9.17) is 9.47 Å².